The van der Waals surface area contributed by atoms with Gasteiger partial charge in [0, 0.05) is 0 Å². The topological polar surface area (TPSA) is 18.5 Å². The monoisotopic (exact) mass is 296 g/mol. The molecule has 3 heteroatoms. The minimum Gasteiger partial charge on any atom is -0.403 e. The lowest BCUT2D eigenvalue weighted by molar-refractivity contribution is 0.00578. The first-order chi connectivity index (χ1) is 10.3. The standard InChI is InChI=1S/C19H25BO2/c1-14(13-20-21-18(2,3)19(4,5)22-20)16-11-10-15-8-6-7-9-17(15)12-16/h6-12,14H,13H2,1-5H3/t14-/m0/s1. The van der Waals surface area contributed by atoms with Crippen LogP contribution < -0.4 is 0 Å². The highest BCUT2D eigenvalue weighted by Crippen LogP contribution is 2.39. The zero-order chi connectivity index (χ0) is 16.0. The molecule has 0 unspecified atom stereocenters. The Bertz CT molecular complexity index is 662. The minimum absolute atomic E-state index is 0.133. The summed E-state index contributed by atoms with van der Waals surface area (Å²) < 4.78 is 12.2. The van der Waals surface area contributed by atoms with Crippen LogP contribution in [0, 0.1) is 0 Å². The predicted octanol–water partition coefficient (Wildman–Crippen LogP) is 5.04. The van der Waals surface area contributed by atoms with Gasteiger partial charge in [-0.2, -0.15) is 0 Å². The number of rotatable bonds is 3. The summed E-state index contributed by atoms with van der Waals surface area (Å²) in [6.07, 6.45) is 0.880. The molecule has 0 aliphatic carbocycles. The molecule has 1 saturated heterocycles. The molecule has 2 nitrogen and oxygen atoms in total. The highest BCUT2D eigenvalue weighted by atomic mass is 16.7. The normalized spacial score (nSPS) is 21.2. The van der Waals surface area contributed by atoms with E-state index in [4.69, 9.17) is 9.31 Å². The molecular weight excluding hydrogens is 271 g/mol. The SMILES string of the molecule is C[C@@H](CB1OC(C)(C)C(C)(C)O1)c1ccc2ccccc2c1. The van der Waals surface area contributed by atoms with Gasteiger partial charge in [-0.05, 0) is 56.3 Å². The van der Waals surface area contributed by atoms with Crippen molar-refractivity contribution >= 4 is 17.9 Å². The van der Waals surface area contributed by atoms with Crippen molar-refractivity contribution < 1.29 is 9.31 Å². The van der Waals surface area contributed by atoms with Crippen molar-refractivity contribution in [2.75, 3.05) is 0 Å². The third-order valence-corrected chi connectivity index (χ3v) is 5.19. The van der Waals surface area contributed by atoms with E-state index in [9.17, 15) is 0 Å². The number of hydrogen-bond donors (Lipinski definition) is 0. The molecule has 1 fully saturated rings. The van der Waals surface area contributed by atoms with Crippen molar-refractivity contribution in [3.05, 3.63) is 48.0 Å². The van der Waals surface area contributed by atoms with E-state index in [0.717, 1.165) is 6.32 Å². The Kier molecular flexibility index (Phi) is 3.82. The van der Waals surface area contributed by atoms with E-state index in [1.54, 1.807) is 0 Å². The molecule has 2 aromatic carbocycles. The lowest BCUT2D eigenvalue weighted by Crippen LogP contribution is -2.41. The van der Waals surface area contributed by atoms with Crippen LogP contribution in [0.25, 0.3) is 10.8 Å². The van der Waals surface area contributed by atoms with Crippen LogP contribution in [-0.4, -0.2) is 18.3 Å². The number of hydrogen-bond acceptors (Lipinski definition) is 2. The van der Waals surface area contributed by atoms with E-state index < -0.39 is 0 Å². The zero-order valence-electron chi connectivity index (χ0n) is 14.2. The van der Waals surface area contributed by atoms with Gasteiger partial charge in [0.2, 0.25) is 0 Å². The van der Waals surface area contributed by atoms with Gasteiger partial charge in [0.05, 0.1) is 11.2 Å². The summed E-state index contributed by atoms with van der Waals surface area (Å²) in [5, 5.41) is 2.58. The maximum absolute atomic E-state index is 6.12. The second kappa shape index (κ2) is 5.40. The molecular formula is C19H25BO2. The Labute approximate surface area is 134 Å². The van der Waals surface area contributed by atoms with Gasteiger partial charge in [0.1, 0.15) is 0 Å². The van der Waals surface area contributed by atoms with Gasteiger partial charge < -0.3 is 9.31 Å². The minimum atomic E-state index is -0.249. The Morgan fingerprint density at radius 1 is 0.909 bits per heavy atom. The largest absolute Gasteiger partial charge is 0.458 e. The van der Waals surface area contributed by atoms with Gasteiger partial charge in [-0.15, -0.1) is 0 Å². The van der Waals surface area contributed by atoms with Crippen LogP contribution in [0.5, 0.6) is 0 Å². The van der Waals surface area contributed by atoms with Gasteiger partial charge >= 0.3 is 7.12 Å². The first kappa shape index (κ1) is 15.6. The van der Waals surface area contributed by atoms with Crippen LogP contribution >= 0.6 is 0 Å². The van der Waals surface area contributed by atoms with E-state index in [-0.39, 0.29) is 18.3 Å². The summed E-state index contributed by atoms with van der Waals surface area (Å²) in [4.78, 5) is 0. The summed E-state index contributed by atoms with van der Waals surface area (Å²) in [6.45, 7) is 10.7. The van der Waals surface area contributed by atoms with Crippen molar-refractivity contribution in [2.24, 2.45) is 0 Å². The molecule has 116 valence electrons. The van der Waals surface area contributed by atoms with Crippen molar-refractivity contribution in [3.8, 4) is 0 Å². The van der Waals surface area contributed by atoms with E-state index in [0.29, 0.717) is 5.92 Å². The lowest BCUT2D eigenvalue weighted by Gasteiger charge is -2.32. The molecule has 1 heterocycles. The molecule has 0 bridgehead atoms. The maximum Gasteiger partial charge on any atom is 0.458 e. The van der Waals surface area contributed by atoms with Gasteiger partial charge in [0.25, 0.3) is 0 Å². The summed E-state index contributed by atoms with van der Waals surface area (Å²) in [5.74, 6) is 0.402. The molecule has 0 amide bonds. The van der Waals surface area contributed by atoms with Crippen LogP contribution in [0.4, 0.5) is 0 Å². The summed E-state index contributed by atoms with van der Waals surface area (Å²) in [5.41, 5.74) is 0.843. The lowest BCUT2D eigenvalue weighted by atomic mass is 9.75. The first-order valence-electron chi connectivity index (χ1n) is 8.13. The summed E-state index contributed by atoms with van der Waals surface area (Å²) in [6, 6.07) is 15.2. The smallest absolute Gasteiger partial charge is 0.403 e. The molecule has 2 aromatic rings. The van der Waals surface area contributed by atoms with Gasteiger partial charge in [0.15, 0.2) is 0 Å². The van der Waals surface area contributed by atoms with E-state index in [1.807, 2.05) is 0 Å². The van der Waals surface area contributed by atoms with Crippen LogP contribution in [0.15, 0.2) is 42.5 Å². The molecule has 22 heavy (non-hydrogen) atoms. The average molecular weight is 296 g/mol. The molecule has 1 aliphatic rings. The van der Waals surface area contributed by atoms with Crippen molar-refractivity contribution in [1.82, 2.24) is 0 Å². The third kappa shape index (κ3) is 2.80. The Balaban J connectivity index is 1.75. The maximum atomic E-state index is 6.12. The van der Waals surface area contributed by atoms with Crippen molar-refractivity contribution in [1.29, 1.82) is 0 Å². The highest BCUT2D eigenvalue weighted by Gasteiger charge is 2.51. The number of benzene rings is 2. The summed E-state index contributed by atoms with van der Waals surface area (Å²) >= 11 is 0. The molecule has 0 radical (unpaired) electrons. The van der Waals surface area contributed by atoms with Crippen LogP contribution in [-0.2, 0) is 9.31 Å². The fraction of sp³-hybridized carbons (Fsp3) is 0.474. The summed E-state index contributed by atoms with van der Waals surface area (Å²) in [7, 11) is -0.133. The molecule has 0 aromatic heterocycles. The van der Waals surface area contributed by atoms with Gasteiger partial charge in [-0.25, -0.2) is 0 Å². The molecule has 3 rings (SSSR count). The molecule has 0 spiro atoms. The van der Waals surface area contributed by atoms with Crippen LogP contribution in [0.3, 0.4) is 0 Å². The highest BCUT2D eigenvalue weighted by molar-refractivity contribution is 6.45. The van der Waals surface area contributed by atoms with E-state index in [1.165, 1.54) is 16.3 Å². The quantitative estimate of drug-likeness (QED) is 0.739. The van der Waals surface area contributed by atoms with Crippen LogP contribution in [0.1, 0.15) is 46.1 Å². The Morgan fingerprint density at radius 3 is 2.14 bits per heavy atom. The second-order valence-electron chi connectivity index (χ2n) is 7.43. The van der Waals surface area contributed by atoms with Crippen molar-refractivity contribution in [2.45, 2.75) is 58.1 Å². The fourth-order valence-corrected chi connectivity index (χ4v) is 3.00. The molecule has 1 aliphatic heterocycles. The second-order valence-corrected chi connectivity index (χ2v) is 7.43. The van der Waals surface area contributed by atoms with Gasteiger partial charge in [-0.3, -0.25) is 0 Å². The van der Waals surface area contributed by atoms with Gasteiger partial charge in [-0.1, -0.05) is 49.4 Å². The molecule has 0 N–H and O–H groups in total. The molecule has 1 atom stereocenters. The van der Waals surface area contributed by atoms with Crippen molar-refractivity contribution in [3.63, 3.8) is 0 Å². The molecule has 0 saturated carbocycles. The first-order valence-corrected chi connectivity index (χ1v) is 8.13. The van der Waals surface area contributed by atoms with E-state index in [2.05, 4.69) is 77.1 Å². The predicted molar refractivity (Wildman–Crippen MR) is 93.3 cm³/mol. The van der Waals surface area contributed by atoms with E-state index >= 15 is 0 Å². The zero-order valence-corrected chi connectivity index (χ0v) is 14.2. The fourth-order valence-electron chi connectivity index (χ4n) is 3.00. The van der Waals surface area contributed by atoms with Crippen LogP contribution in [0.2, 0.25) is 6.32 Å². The average Bonchev–Trinajstić information content (AvgIpc) is 2.65. The Morgan fingerprint density at radius 2 is 1.50 bits per heavy atom. The number of fused-ring (bicyclic) bond motifs is 1. The Hall–Kier alpha value is -1.32. The third-order valence-electron chi connectivity index (χ3n) is 5.19.